The predicted molar refractivity (Wildman–Crippen MR) is 85.5 cm³/mol. The Hall–Kier alpha value is -0.860. The fourth-order valence-corrected chi connectivity index (χ4v) is 3.48. The lowest BCUT2D eigenvalue weighted by atomic mass is 9.83. The van der Waals surface area contributed by atoms with Crippen LogP contribution in [-0.2, 0) is 6.42 Å². The highest BCUT2D eigenvalue weighted by atomic mass is 15.2. The second-order valence-corrected chi connectivity index (χ2v) is 6.85. The molecule has 1 atom stereocenters. The van der Waals surface area contributed by atoms with Crippen LogP contribution in [0.2, 0.25) is 0 Å². The van der Waals surface area contributed by atoms with Gasteiger partial charge < -0.3 is 10.2 Å². The van der Waals surface area contributed by atoms with Crippen molar-refractivity contribution >= 4 is 0 Å². The standard InChI is InChI=1S/C18H27N2/c1-20(2)18(10-4-12-19-14-18)11-9-15-5-3-6-17(13-15)16-7-8-16/h3,5-6,13,16H,4,7-12,14H2,1-2H3/q-1/t18-/m0/s1. The van der Waals surface area contributed by atoms with Gasteiger partial charge in [0.2, 0.25) is 0 Å². The average Bonchev–Trinajstić information content (AvgIpc) is 3.31. The third-order valence-corrected chi connectivity index (χ3v) is 5.19. The Labute approximate surface area is 123 Å². The molecule has 0 aromatic heterocycles. The van der Waals surface area contributed by atoms with E-state index in [4.69, 9.17) is 0 Å². The molecule has 0 spiro atoms. The molecule has 0 N–H and O–H groups in total. The van der Waals surface area contributed by atoms with Crippen LogP contribution in [0.3, 0.4) is 0 Å². The van der Waals surface area contributed by atoms with E-state index in [2.05, 4.69) is 48.6 Å². The van der Waals surface area contributed by atoms with Crippen molar-refractivity contribution in [1.82, 2.24) is 4.90 Å². The number of aryl methyl sites for hydroxylation is 1. The number of likely N-dealkylation sites (N-methyl/N-ethyl adjacent to an activating group) is 1. The summed E-state index contributed by atoms with van der Waals surface area (Å²) in [5.41, 5.74) is 3.38. The van der Waals surface area contributed by atoms with Crippen LogP contribution >= 0.6 is 0 Å². The fourth-order valence-electron chi connectivity index (χ4n) is 3.48. The van der Waals surface area contributed by atoms with Crippen LogP contribution in [0.4, 0.5) is 0 Å². The lowest BCUT2D eigenvalue weighted by Gasteiger charge is -2.49. The molecule has 20 heavy (non-hydrogen) atoms. The zero-order chi connectivity index (χ0) is 14.0. The maximum atomic E-state index is 4.68. The minimum atomic E-state index is 0.299. The molecule has 2 nitrogen and oxygen atoms in total. The van der Waals surface area contributed by atoms with E-state index in [1.807, 2.05) is 0 Å². The molecule has 3 rings (SSSR count). The fraction of sp³-hybridized carbons (Fsp3) is 0.667. The van der Waals surface area contributed by atoms with E-state index in [0.29, 0.717) is 5.54 Å². The van der Waals surface area contributed by atoms with Crippen LogP contribution in [-0.4, -0.2) is 37.6 Å². The molecule has 1 saturated carbocycles. The molecule has 0 radical (unpaired) electrons. The minimum Gasteiger partial charge on any atom is -0.661 e. The average molecular weight is 271 g/mol. The number of piperidine rings is 1. The molecule has 0 unspecified atom stereocenters. The third-order valence-electron chi connectivity index (χ3n) is 5.19. The van der Waals surface area contributed by atoms with Gasteiger partial charge in [-0.2, -0.15) is 0 Å². The first kappa shape index (κ1) is 14.1. The molecule has 1 aliphatic carbocycles. The van der Waals surface area contributed by atoms with Gasteiger partial charge in [0.25, 0.3) is 0 Å². The number of hydrogen-bond acceptors (Lipinski definition) is 1. The Morgan fingerprint density at radius 3 is 2.80 bits per heavy atom. The molecule has 2 fully saturated rings. The summed E-state index contributed by atoms with van der Waals surface area (Å²) in [6.45, 7) is 2.08. The van der Waals surface area contributed by atoms with Crippen molar-refractivity contribution in [1.29, 1.82) is 0 Å². The second kappa shape index (κ2) is 5.87. The first-order valence-corrected chi connectivity index (χ1v) is 8.09. The number of benzene rings is 1. The smallest absolute Gasteiger partial charge is 0.00186 e. The van der Waals surface area contributed by atoms with E-state index in [0.717, 1.165) is 19.0 Å². The maximum absolute atomic E-state index is 4.68. The third kappa shape index (κ3) is 3.07. The number of rotatable bonds is 5. The summed E-state index contributed by atoms with van der Waals surface area (Å²) in [4.78, 5) is 2.42. The Bertz CT molecular complexity index is 442. The summed E-state index contributed by atoms with van der Waals surface area (Å²) in [5, 5.41) is 4.68. The normalized spacial score (nSPS) is 26.9. The Morgan fingerprint density at radius 1 is 1.30 bits per heavy atom. The van der Waals surface area contributed by atoms with Gasteiger partial charge in [-0.3, -0.25) is 0 Å². The molecule has 2 aliphatic rings. The lowest BCUT2D eigenvalue weighted by Crippen LogP contribution is -2.49. The van der Waals surface area contributed by atoms with E-state index in [1.54, 1.807) is 5.56 Å². The van der Waals surface area contributed by atoms with Crippen molar-refractivity contribution in [2.75, 3.05) is 27.2 Å². The van der Waals surface area contributed by atoms with Crippen LogP contribution in [0.5, 0.6) is 0 Å². The van der Waals surface area contributed by atoms with Crippen molar-refractivity contribution < 1.29 is 0 Å². The van der Waals surface area contributed by atoms with Crippen molar-refractivity contribution in [2.45, 2.75) is 50.0 Å². The van der Waals surface area contributed by atoms with Gasteiger partial charge in [-0.1, -0.05) is 30.7 Å². The van der Waals surface area contributed by atoms with Gasteiger partial charge in [0.1, 0.15) is 0 Å². The van der Waals surface area contributed by atoms with Gasteiger partial charge in [0.15, 0.2) is 0 Å². The first-order valence-electron chi connectivity index (χ1n) is 8.09. The Kier molecular flexibility index (Phi) is 4.13. The summed E-state index contributed by atoms with van der Waals surface area (Å²) < 4.78 is 0. The van der Waals surface area contributed by atoms with Gasteiger partial charge >= 0.3 is 0 Å². The number of nitrogens with zero attached hydrogens (tertiary/aromatic N) is 2. The highest BCUT2D eigenvalue weighted by Gasteiger charge is 2.29. The van der Waals surface area contributed by atoms with Crippen molar-refractivity contribution in [2.24, 2.45) is 0 Å². The number of hydrogen-bond donors (Lipinski definition) is 0. The summed E-state index contributed by atoms with van der Waals surface area (Å²) in [7, 11) is 4.45. The summed E-state index contributed by atoms with van der Waals surface area (Å²) in [5.74, 6) is 0.863. The molecule has 1 aromatic carbocycles. The maximum Gasteiger partial charge on any atom is 0.00186 e. The lowest BCUT2D eigenvalue weighted by molar-refractivity contribution is 0.131. The minimum absolute atomic E-state index is 0.299. The predicted octanol–water partition coefficient (Wildman–Crippen LogP) is 3.96. The molecule has 0 amide bonds. The van der Waals surface area contributed by atoms with Gasteiger partial charge in [0.05, 0.1) is 0 Å². The second-order valence-electron chi connectivity index (χ2n) is 6.85. The SMILES string of the molecule is CN(C)[C@]1(CCc2cccc(C3CC3)c2)CCC[N-]C1. The van der Waals surface area contributed by atoms with Gasteiger partial charge in [-0.25, -0.2) is 0 Å². The molecule has 0 bridgehead atoms. The molecule has 110 valence electrons. The van der Waals surface area contributed by atoms with Gasteiger partial charge in [-0.15, -0.1) is 13.1 Å². The van der Waals surface area contributed by atoms with Crippen LogP contribution in [0.1, 0.15) is 49.1 Å². The van der Waals surface area contributed by atoms with E-state index in [1.165, 1.54) is 44.1 Å². The molecule has 1 heterocycles. The van der Waals surface area contributed by atoms with Gasteiger partial charge in [-0.05, 0) is 63.2 Å². The zero-order valence-electron chi connectivity index (χ0n) is 12.9. The summed E-state index contributed by atoms with van der Waals surface area (Å²) >= 11 is 0. The highest BCUT2D eigenvalue weighted by Crippen LogP contribution is 2.40. The Balaban J connectivity index is 1.66. The van der Waals surface area contributed by atoms with Crippen LogP contribution in [0, 0.1) is 0 Å². The van der Waals surface area contributed by atoms with Crippen LogP contribution in [0.15, 0.2) is 24.3 Å². The van der Waals surface area contributed by atoms with Gasteiger partial charge in [0, 0.05) is 5.54 Å². The summed E-state index contributed by atoms with van der Waals surface area (Å²) in [6, 6.07) is 9.30. The molecular weight excluding hydrogens is 244 g/mol. The quantitative estimate of drug-likeness (QED) is 0.792. The van der Waals surface area contributed by atoms with E-state index in [-0.39, 0.29) is 0 Å². The van der Waals surface area contributed by atoms with E-state index >= 15 is 0 Å². The van der Waals surface area contributed by atoms with Crippen LogP contribution in [0.25, 0.3) is 5.32 Å². The van der Waals surface area contributed by atoms with Crippen LogP contribution < -0.4 is 0 Å². The zero-order valence-corrected chi connectivity index (χ0v) is 12.9. The topological polar surface area (TPSA) is 17.3 Å². The first-order chi connectivity index (χ1) is 9.70. The molecule has 1 saturated heterocycles. The van der Waals surface area contributed by atoms with E-state index < -0.39 is 0 Å². The molecule has 2 heteroatoms. The molecule has 1 aromatic rings. The van der Waals surface area contributed by atoms with Crippen molar-refractivity contribution in [3.05, 3.63) is 40.7 Å². The summed E-state index contributed by atoms with van der Waals surface area (Å²) in [6.07, 6.45) is 7.76. The molecule has 1 aliphatic heterocycles. The largest absolute Gasteiger partial charge is 0.661 e. The van der Waals surface area contributed by atoms with E-state index in [9.17, 15) is 0 Å². The highest BCUT2D eigenvalue weighted by molar-refractivity contribution is 5.29. The van der Waals surface area contributed by atoms with Crippen molar-refractivity contribution in [3.8, 4) is 0 Å². The molecular formula is C18H27N2-. The monoisotopic (exact) mass is 271 g/mol. The Morgan fingerprint density at radius 2 is 2.15 bits per heavy atom. The van der Waals surface area contributed by atoms with Crippen molar-refractivity contribution in [3.63, 3.8) is 0 Å².